The number of sulfonamides is 1. The van der Waals surface area contributed by atoms with Crippen LogP contribution in [0.15, 0.2) is 29.2 Å². The quantitative estimate of drug-likeness (QED) is 0.520. The van der Waals surface area contributed by atoms with E-state index in [-0.39, 0.29) is 23.4 Å². The van der Waals surface area contributed by atoms with Crippen molar-refractivity contribution in [3.63, 3.8) is 0 Å². The van der Waals surface area contributed by atoms with E-state index in [0.717, 1.165) is 32.1 Å². The molecule has 1 aliphatic rings. The van der Waals surface area contributed by atoms with Crippen LogP contribution in [0.2, 0.25) is 0 Å². The van der Waals surface area contributed by atoms with Crippen molar-refractivity contribution in [2.45, 2.75) is 63.3 Å². The van der Waals surface area contributed by atoms with Gasteiger partial charge in [-0.3, -0.25) is 4.79 Å². The van der Waals surface area contributed by atoms with Crippen LogP contribution in [-0.2, 0) is 19.6 Å². The molecule has 1 aliphatic carbocycles. The van der Waals surface area contributed by atoms with Gasteiger partial charge in [0.2, 0.25) is 15.9 Å². The predicted octanol–water partition coefficient (Wildman–Crippen LogP) is 2.95. The standard InChI is InChI=1S/C21H34N2O5S/c1-3-27-16-8-15-22-21(24)17-23(18-9-6-5-7-10-18)29(25,26)20-13-11-19(12-14-20)28-4-2/h11-14,18H,3-10,15-17H2,1-2H3,(H,22,24). The number of carbonyl (C=O) groups is 1. The zero-order valence-electron chi connectivity index (χ0n) is 17.6. The number of carbonyl (C=O) groups excluding carboxylic acids is 1. The SMILES string of the molecule is CCOCCCNC(=O)CN(C1CCCCC1)S(=O)(=O)c1ccc(OCC)cc1. The number of hydrogen-bond donors (Lipinski definition) is 1. The fourth-order valence-electron chi connectivity index (χ4n) is 3.53. The van der Waals surface area contributed by atoms with Crippen LogP contribution < -0.4 is 10.1 Å². The van der Waals surface area contributed by atoms with Crippen LogP contribution in [0.5, 0.6) is 5.75 Å². The van der Waals surface area contributed by atoms with Gasteiger partial charge in [0.15, 0.2) is 0 Å². The van der Waals surface area contributed by atoms with Gasteiger partial charge in [0.05, 0.1) is 18.0 Å². The van der Waals surface area contributed by atoms with Gasteiger partial charge in [0.1, 0.15) is 5.75 Å². The minimum Gasteiger partial charge on any atom is -0.494 e. The Morgan fingerprint density at radius 1 is 1.10 bits per heavy atom. The predicted molar refractivity (Wildman–Crippen MR) is 112 cm³/mol. The Labute approximate surface area is 174 Å². The lowest BCUT2D eigenvalue weighted by atomic mass is 9.95. The molecule has 0 atom stereocenters. The van der Waals surface area contributed by atoms with Crippen LogP contribution in [0.1, 0.15) is 52.4 Å². The second-order valence-corrected chi connectivity index (χ2v) is 9.04. The van der Waals surface area contributed by atoms with Gasteiger partial charge in [-0.2, -0.15) is 4.31 Å². The Morgan fingerprint density at radius 3 is 2.41 bits per heavy atom. The molecule has 1 aromatic carbocycles. The van der Waals surface area contributed by atoms with Gasteiger partial charge in [-0.25, -0.2) is 8.42 Å². The van der Waals surface area contributed by atoms with E-state index in [1.54, 1.807) is 24.3 Å². The van der Waals surface area contributed by atoms with Crippen molar-refractivity contribution < 1.29 is 22.7 Å². The third-order valence-corrected chi connectivity index (χ3v) is 6.93. The Balaban J connectivity index is 2.10. The highest BCUT2D eigenvalue weighted by Gasteiger charge is 2.33. The molecule has 29 heavy (non-hydrogen) atoms. The van der Waals surface area contributed by atoms with Gasteiger partial charge >= 0.3 is 0 Å². The molecule has 0 aromatic heterocycles. The third-order valence-electron chi connectivity index (χ3n) is 5.01. The largest absolute Gasteiger partial charge is 0.494 e. The second kappa shape index (κ2) is 12.1. The van der Waals surface area contributed by atoms with Crippen LogP contribution in [0.4, 0.5) is 0 Å². The number of nitrogens with zero attached hydrogens (tertiary/aromatic N) is 1. The molecule has 1 N–H and O–H groups in total. The summed E-state index contributed by atoms with van der Waals surface area (Å²) in [5.41, 5.74) is 0. The molecule has 1 amide bonds. The number of amides is 1. The summed E-state index contributed by atoms with van der Waals surface area (Å²) >= 11 is 0. The van der Waals surface area contributed by atoms with Crippen molar-refractivity contribution in [3.8, 4) is 5.75 Å². The normalized spacial score (nSPS) is 15.4. The van der Waals surface area contributed by atoms with Gasteiger partial charge in [-0.1, -0.05) is 19.3 Å². The molecule has 1 aromatic rings. The van der Waals surface area contributed by atoms with Gasteiger partial charge in [-0.15, -0.1) is 0 Å². The first kappa shape index (κ1) is 23.6. The van der Waals surface area contributed by atoms with Crippen molar-refractivity contribution in [3.05, 3.63) is 24.3 Å². The summed E-state index contributed by atoms with van der Waals surface area (Å²) in [5, 5.41) is 2.82. The van der Waals surface area contributed by atoms with Crippen molar-refractivity contribution in [1.29, 1.82) is 0 Å². The molecule has 0 radical (unpaired) electrons. The number of rotatable bonds is 12. The summed E-state index contributed by atoms with van der Waals surface area (Å²) in [4.78, 5) is 12.7. The van der Waals surface area contributed by atoms with E-state index < -0.39 is 10.0 Å². The summed E-state index contributed by atoms with van der Waals surface area (Å²) in [6, 6.07) is 6.27. The molecule has 164 valence electrons. The maximum atomic E-state index is 13.3. The molecular weight excluding hydrogens is 392 g/mol. The van der Waals surface area contributed by atoms with E-state index in [1.165, 1.54) is 4.31 Å². The maximum absolute atomic E-state index is 13.3. The fraction of sp³-hybridized carbons (Fsp3) is 0.667. The Morgan fingerprint density at radius 2 is 1.79 bits per heavy atom. The lowest BCUT2D eigenvalue weighted by molar-refractivity contribution is -0.121. The first-order valence-corrected chi connectivity index (χ1v) is 12.0. The lowest BCUT2D eigenvalue weighted by Gasteiger charge is -2.33. The number of nitrogens with one attached hydrogen (secondary N) is 1. The molecule has 0 unspecified atom stereocenters. The minimum atomic E-state index is -3.77. The van der Waals surface area contributed by atoms with Gasteiger partial charge in [0.25, 0.3) is 0 Å². The van der Waals surface area contributed by atoms with E-state index in [2.05, 4.69) is 5.32 Å². The lowest BCUT2D eigenvalue weighted by Crippen LogP contribution is -2.47. The molecule has 0 heterocycles. The third kappa shape index (κ3) is 7.28. The first-order chi connectivity index (χ1) is 14.0. The average Bonchev–Trinajstić information content (AvgIpc) is 2.73. The van der Waals surface area contributed by atoms with E-state index in [4.69, 9.17) is 9.47 Å². The van der Waals surface area contributed by atoms with Gasteiger partial charge < -0.3 is 14.8 Å². The van der Waals surface area contributed by atoms with Crippen LogP contribution >= 0.6 is 0 Å². The number of benzene rings is 1. The number of hydrogen-bond acceptors (Lipinski definition) is 5. The average molecular weight is 427 g/mol. The van der Waals surface area contributed by atoms with Crippen molar-refractivity contribution >= 4 is 15.9 Å². The Hall–Kier alpha value is -1.64. The zero-order valence-corrected chi connectivity index (χ0v) is 18.4. The Kier molecular flexibility index (Phi) is 9.90. The summed E-state index contributed by atoms with van der Waals surface area (Å²) < 4.78 is 38.7. The highest BCUT2D eigenvalue weighted by Crippen LogP contribution is 2.28. The van der Waals surface area contributed by atoms with E-state index in [1.807, 2.05) is 13.8 Å². The maximum Gasteiger partial charge on any atom is 0.243 e. The van der Waals surface area contributed by atoms with Gasteiger partial charge in [-0.05, 0) is 57.4 Å². The van der Waals surface area contributed by atoms with Crippen molar-refractivity contribution in [2.24, 2.45) is 0 Å². The summed E-state index contributed by atoms with van der Waals surface area (Å²) in [6.07, 6.45) is 5.35. The van der Waals surface area contributed by atoms with Crippen molar-refractivity contribution in [2.75, 3.05) is 32.9 Å². The van der Waals surface area contributed by atoms with Crippen LogP contribution in [-0.4, -0.2) is 57.6 Å². The monoisotopic (exact) mass is 426 g/mol. The molecular formula is C21H34N2O5S. The molecule has 1 fully saturated rings. The Bertz CT molecular complexity index is 715. The minimum absolute atomic E-state index is 0.144. The van der Waals surface area contributed by atoms with E-state index in [0.29, 0.717) is 38.5 Å². The molecule has 0 bridgehead atoms. The molecule has 7 nitrogen and oxygen atoms in total. The van der Waals surface area contributed by atoms with Crippen molar-refractivity contribution in [1.82, 2.24) is 9.62 Å². The molecule has 1 saturated carbocycles. The summed E-state index contributed by atoms with van der Waals surface area (Å²) in [6.45, 7) is 5.85. The molecule has 8 heteroatoms. The molecule has 0 spiro atoms. The fourth-order valence-corrected chi connectivity index (χ4v) is 5.17. The molecule has 0 aliphatic heterocycles. The van der Waals surface area contributed by atoms with Crippen LogP contribution in [0, 0.1) is 0 Å². The first-order valence-electron chi connectivity index (χ1n) is 10.6. The van der Waals surface area contributed by atoms with Crippen LogP contribution in [0.3, 0.4) is 0 Å². The molecule has 2 rings (SSSR count). The number of ether oxygens (including phenoxy) is 2. The summed E-state index contributed by atoms with van der Waals surface area (Å²) in [7, 11) is -3.77. The highest BCUT2D eigenvalue weighted by atomic mass is 32.2. The van der Waals surface area contributed by atoms with E-state index in [9.17, 15) is 13.2 Å². The zero-order chi connectivity index (χ0) is 21.1. The topological polar surface area (TPSA) is 84.9 Å². The van der Waals surface area contributed by atoms with E-state index >= 15 is 0 Å². The second-order valence-electron chi connectivity index (χ2n) is 7.15. The highest BCUT2D eigenvalue weighted by molar-refractivity contribution is 7.89. The molecule has 0 saturated heterocycles. The van der Waals surface area contributed by atoms with Gasteiger partial charge in [0, 0.05) is 25.8 Å². The van der Waals surface area contributed by atoms with Crippen LogP contribution in [0.25, 0.3) is 0 Å². The summed E-state index contributed by atoms with van der Waals surface area (Å²) in [5.74, 6) is 0.351. The smallest absolute Gasteiger partial charge is 0.243 e.